The van der Waals surface area contributed by atoms with Gasteiger partial charge in [0, 0.05) is 18.4 Å². The number of hydrogen-bond acceptors (Lipinski definition) is 4. The highest BCUT2D eigenvalue weighted by atomic mass is 16.2. The van der Waals surface area contributed by atoms with Crippen LogP contribution in [0.25, 0.3) is 11.0 Å². The second kappa shape index (κ2) is 5.01. The summed E-state index contributed by atoms with van der Waals surface area (Å²) in [5, 5.41) is 15.5. The molecular weight excluding hydrogens is 268 g/mol. The van der Waals surface area contributed by atoms with Gasteiger partial charge in [-0.15, -0.1) is 0 Å². The van der Waals surface area contributed by atoms with E-state index in [-0.39, 0.29) is 12.5 Å². The van der Waals surface area contributed by atoms with Crippen molar-refractivity contribution in [3.63, 3.8) is 0 Å². The van der Waals surface area contributed by atoms with Gasteiger partial charge in [0.15, 0.2) is 0 Å². The molecule has 0 saturated carbocycles. The van der Waals surface area contributed by atoms with E-state index in [0.717, 1.165) is 22.4 Å². The highest BCUT2D eigenvalue weighted by Gasteiger charge is 2.08. The Bertz CT molecular complexity index is 816. The van der Waals surface area contributed by atoms with Gasteiger partial charge in [-0.3, -0.25) is 9.48 Å². The first-order valence-corrected chi connectivity index (χ1v) is 6.63. The van der Waals surface area contributed by atoms with Gasteiger partial charge in [0.2, 0.25) is 5.91 Å². The van der Waals surface area contributed by atoms with Crippen molar-refractivity contribution in [1.82, 2.24) is 24.8 Å². The Hall–Kier alpha value is -2.70. The van der Waals surface area contributed by atoms with Crippen molar-refractivity contribution in [1.29, 1.82) is 0 Å². The molecule has 3 rings (SSSR count). The number of carbonyl (C=O) groups excluding carboxylic acids is 1. The van der Waals surface area contributed by atoms with Crippen molar-refractivity contribution in [2.75, 3.05) is 5.32 Å². The lowest BCUT2D eigenvalue weighted by Crippen LogP contribution is -2.20. The summed E-state index contributed by atoms with van der Waals surface area (Å²) in [6, 6.07) is 7.40. The molecule has 0 aliphatic rings. The molecule has 0 aliphatic heterocycles. The van der Waals surface area contributed by atoms with Gasteiger partial charge in [0.1, 0.15) is 17.6 Å². The molecular formula is C14H16N6O. The number of benzene rings is 1. The Morgan fingerprint density at radius 2 is 1.90 bits per heavy atom. The molecule has 7 nitrogen and oxygen atoms in total. The smallest absolute Gasteiger partial charge is 0.246 e. The fourth-order valence-electron chi connectivity index (χ4n) is 2.27. The molecule has 0 atom stereocenters. The molecule has 0 radical (unpaired) electrons. The number of aryl methyl sites for hydroxylation is 3. The molecule has 2 aromatic heterocycles. The number of amides is 1. The van der Waals surface area contributed by atoms with Crippen molar-refractivity contribution in [2.24, 2.45) is 7.05 Å². The summed E-state index contributed by atoms with van der Waals surface area (Å²) in [5.74, 6) is -0.121. The van der Waals surface area contributed by atoms with Gasteiger partial charge in [-0.25, -0.2) is 0 Å². The highest BCUT2D eigenvalue weighted by Crippen LogP contribution is 2.15. The van der Waals surface area contributed by atoms with Crippen LogP contribution in [0.3, 0.4) is 0 Å². The summed E-state index contributed by atoms with van der Waals surface area (Å²) in [6.07, 6.45) is 0. The van der Waals surface area contributed by atoms with E-state index in [2.05, 4.69) is 20.6 Å². The van der Waals surface area contributed by atoms with Crippen molar-refractivity contribution < 1.29 is 4.79 Å². The van der Waals surface area contributed by atoms with E-state index in [9.17, 15) is 4.79 Å². The van der Waals surface area contributed by atoms with Gasteiger partial charge in [0.25, 0.3) is 0 Å². The van der Waals surface area contributed by atoms with Crippen LogP contribution in [0, 0.1) is 13.8 Å². The first kappa shape index (κ1) is 13.3. The summed E-state index contributed by atoms with van der Waals surface area (Å²) >= 11 is 0. The Kier molecular flexibility index (Phi) is 3.17. The van der Waals surface area contributed by atoms with Crippen molar-refractivity contribution in [3.05, 3.63) is 35.7 Å². The van der Waals surface area contributed by atoms with E-state index in [1.165, 1.54) is 4.80 Å². The summed E-state index contributed by atoms with van der Waals surface area (Å²) in [4.78, 5) is 13.6. The molecule has 108 valence electrons. The van der Waals surface area contributed by atoms with Crippen LogP contribution < -0.4 is 5.32 Å². The zero-order valence-electron chi connectivity index (χ0n) is 12.2. The third-order valence-corrected chi connectivity index (χ3v) is 3.16. The molecule has 0 bridgehead atoms. The molecule has 0 unspecified atom stereocenters. The van der Waals surface area contributed by atoms with Crippen molar-refractivity contribution in [3.8, 4) is 0 Å². The van der Waals surface area contributed by atoms with Crippen molar-refractivity contribution >= 4 is 22.6 Å². The fraction of sp³-hybridized carbons (Fsp3) is 0.286. The minimum atomic E-state index is -0.121. The molecule has 1 amide bonds. The summed E-state index contributed by atoms with van der Waals surface area (Å²) in [5.41, 5.74) is 4.12. The number of nitrogens with one attached hydrogen (secondary N) is 1. The van der Waals surface area contributed by atoms with Crippen LogP contribution in [-0.4, -0.2) is 30.7 Å². The van der Waals surface area contributed by atoms with E-state index in [0.29, 0.717) is 5.69 Å². The summed E-state index contributed by atoms with van der Waals surface area (Å²) in [7, 11) is 1.76. The maximum absolute atomic E-state index is 12.1. The maximum Gasteiger partial charge on any atom is 0.246 e. The minimum Gasteiger partial charge on any atom is -0.324 e. The molecule has 0 aliphatic carbocycles. The minimum absolute atomic E-state index is 0.121. The lowest BCUT2D eigenvalue weighted by atomic mass is 10.2. The monoisotopic (exact) mass is 284 g/mol. The number of anilines is 1. The van der Waals surface area contributed by atoms with Gasteiger partial charge in [-0.1, -0.05) is 0 Å². The average molecular weight is 284 g/mol. The second-order valence-corrected chi connectivity index (χ2v) is 5.03. The fourth-order valence-corrected chi connectivity index (χ4v) is 2.27. The molecule has 0 spiro atoms. The number of hydrogen-bond donors (Lipinski definition) is 1. The molecule has 0 saturated heterocycles. The Morgan fingerprint density at radius 3 is 2.62 bits per heavy atom. The number of rotatable bonds is 3. The van der Waals surface area contributed by atoms with Crippen LogP contribution >= 0.6 is 0 Å². The number of aromatic nitrogens is 5. The molecule has 21 heavy (non-hydrogen) atoms. The van der Waals surface area contributed by atoms with Gasteiger partial charge < -0.3 is 5.32 Å². The zero-order chi connectivity index (χ0) is 15.0. The Morgan fingerprint density at radius 1 is 1.14 bits per heavy atom. The zero-order valence-corrected chi connectivity index (χ0v) is 12.2. The molecule has 0 fully saturated rings. The summed E-state index contributed by atoms with van der Waals surface area (Å²) in [6.45, 7) is 4.03. The lowest BCUT2D eigenvalue weighted by Gasteiger charge is -2.06. The topological polar surface area (TPSA) is 77.6 Å². The molecule has 1 N–H and O–H groups in total. The lowest BCUT2D eigenvalue weighted by molar-refractivity contribution is -0.116. The number of carbonyl (C=O) groups is 1. The normalized spacial score (nSPS) is 11.0. The SMILES string of the molecule is Cc1cc(C)n(CC(=O)Nc2ccc3nn(C)nc3c2)n1. The van der Waals surface area contributed by atoms with Gasteiger partial charge in [-0.2, -0.15) is 20.1 Å². The predicted octanol–water partition coefficient (Wildman–Crippen LogP) is 1.42. The van der Waals surface area contributed by atoms with Crippen LogP contribution in [0.5, 0.6) is 0 Å². The van der Waals surface area contributed by atoms with Crippen LogP contribution in [0.4, 0.5) is 5.69 Å². The van der Waals surface area contributed by atoms with E-state index >= 15 is 0 Å². The van der Waals surface area contributed by atoms with E-state index in [4.69, 9.17) is 0 Å². The standard InChI is InChI=1S/C14H16N6O/c1-9-6-10(2)20(16-9)8-14(21)15-11-4-5-12-13(7-11)18-19(3)17-12/h4-7H,8H2,1-3H3,(H,15,21). The molecule has 2 heterocycles. The average Bonchev–Trinajstić information content (AvgIpc) is 2.90. The first-order chi connectivity index (χ1) is 10.0. The second-order valence-electron chi connectivity index (χ2n) is 5.03. The molecule has 3 aromatic rings. The van der Waals surface area contributed by atoms with Crippen molar-refractivity contribution in [2.45, 2.75) is 20.4 Å². The number of nitrogens with zero attached hydrogens (tertiary/aromatic N) is 5. The molecule has 1 aromatic carbocycles. The summed E-state index contributed by atoms with van der Waals surface area (Å²) < 4.78 is 1.69. The predicted molar refractivity (Wildman–Crippen MR) is 78.8 cm³/mol. The maximum atomic E-state index is 12.1. The Labute approximate surface area is 121 Å². The van der Waals surface area contributed by atoms with Gasteiger partial charge in [-0.05, 0) is 38.1 Å². The quantitative estimate of drug-likeness (QED) is 0.789. The van der Waals surface area contributed by atoms with E-state index in [1.54, 1.807) is 17.8 Å². The van der Waals surface area contributed by atoms with Crippen LogP contribution in [-0.2, 0) is 18.4 Å². The first-order valence-electron chi connectivity index (χ1n) is 6.63. The van der Waals surface area contributed by atoms with Crippen LogP contribution in [0.15, 0.2) is 24.3 Å². The molecule has 7 heteroatoms. The van der Waals surface area contributed by atoms with Crippen LogP contribution in [0.1, 0.15) is 11.4 Å². The number of fused-ring (bicyclic) bond motifs is 1. The largest absolute Gasteiger partial charge is 0.324 e. The van der Waals surface area contributed by atoms with E-state index < -0.39 is 0 Å². The van der Waals surface area contributed by atoms with Crippen LogP contribution in [0.2, 0.25) is 0 Å². The van der Waals surface area contributed by atoms with E-state index in [1.807, 2.05) is 32.0 Å². The Balaban J connectivity index is 1.75. The van der Waals surface area contributed by atoms with Gasteiger partial charge in [0.05, 0.1) is 5.69 Å². The van der Waals surface area contributed by atoms with Gasteiger partial charge >= 0.3 is 0 Å². The highest BCUT2D eigenvalue weighted by molar-refractivity contribution is 5.92. The third kappa shape index (κ3) is 2.76. The third-order valence-electron chi connectivity index (χ3n) is 3.16.